The number of rotatable bonds is 13. The van der Waals surface area contributed by atoms with Crippen LogP contribution in [0.15, 0.2) is 114 Å². The van der Waals surface area contributed by atoms with Gasteiger partial charge in [0.2, 0.25) is 11.8 Å². The van der Waals surface area contributed by atoms with Gasteiger partial charge in [0.05, 0.1) is 15.6 Å². The fraction of sp³-hybridized carbons (Fsp3) is 0.235. The second-order valence-electron chi connectivity index (χ2n) is 10.8. The van der Waals surface area contributed by atoms with E-state index in [-0.39, 0.29) is 45.4 Å². The largest absolute Gasteiger partial charge is 0.354 e. The van der Waals surface area contributed by atoms with Gasteiger partial charge < -0.3 is 10.2 Å². The maximum Gasteiger partial charge on any atom is 0.264 e. The molecule has 0 heterocycles. The SMILES string of the molecule is CC(C)CNC(=O)[C@H](Cc1ccccc1)N(Cc1ccccc1)C(=O)CN(c1cc(Cl)ccc1Cl)S(=O)(=O)c1ccccc1. The van der Waals surface area contributed by atoms with Crippen molar-refractivity contribution in [2.45, 2.75) is 37.8 Å². The Morgan fingerprint density at radius 3 is 1.95 bits per heavy atom. The van der Waals surface area contributed by atoms with Gasteiger partial charge in [0.25, 0.3) is 10.0 Å². The van der Waals surface area contributed by atoms with Gasteiger partial charge in [-0.25, -0.2) is 8.42 Å². The molecular formula is C34H35Cl2N3O4S. The summed E-state index contributed by atoms with van der Waals surface area (Å²) in [5.74, 6) is -0.721. The molecule has 0 aromatic heterocycles. The van der Waals surface area contributed by atoms with Crippen LogP contribution in [-0.2, 0) is 32.6 Å². The fourth-order valence-electron chi connectivity index (χ4n) is 4.67. The number of nitrogens with zero attached hydrogens (tertiary/aromatic N) is 2. The Morgan fingerprint density at radius 1 is 0.795 bits per heavy atom. The molecule has 0 fully saturated rings. The monoisotopic (exact) mass is 651 g/mol. The third-order valence-corrected chi connectivity index (χ3v) is 9.27. The summed E-state index contributed by atoms with van der Waals surface area (Å²) in [6.45, 7) is 3.85. The van der Waals surface area contributed by atoms with Crippen molar-refractivity contribution >= 4 is 50.7 Å². The van der Waals surface area contributed by atoms with Gasteiger partial charge >= 0.3 is 0 Å². The van der Waals surface area contributed by atoms with Crippen molar-refractivity contribution in [3.63, 3.8) is 0 Å². The van der Waals surface area contributed by atoms with Crippen molar-refractivity contribution in [3.8, 4) is 0 Å². The average molecular weight is 653 g/mol. The van der Waals surface area contributed by atoms with Gasteiger partial charge in [-0.15, -0.1) is 0 Å². The van der Waals surface area contributed by atoms with Crippen LogP contribution in [0.4, 0.5) is 5.69 Å². The summed E-state index contributed by atoms with van der Waals surface area (Å²) in [6, 6.07) is 30.0. The first-order valence-electron chi connectivity index (χ1n) is 14.2. The number of anilines is 1. The molecule has 0 radical (unpaired) electrons. The van der Waals surface area contributed by atoms with Gasteiger partial charge in [0.15, 0.2) is 0 Å². The Labute approximate surface area is 269 Å². The van der Waals surface area contributed by atoms with E-state index in [4.69, 9.17) is 23.2 Å². The Hall–Kier alpha value is -3.85. The molecule has 0 aliphatic heterocycles. The molecule has 1 atom stereocenters. The second-order valence-corrected chi connectivity index (χ2v) is 13.5. The Balaban J connectivity index is 1.81. The highest BCUT2D eigenvalue weighted by Gasteiger charge is 2.35. The zero-order valence-corrected chi connectivity index (χ0v) is 26.9. The molecule has 44 heavy (non-hydrogen) atoms. The lowest BCUT2D eigenvalue weighted by Crippen LogP contribution is -2.53. The summed E-state index contributed by atoms with van der Waals surface area (Å²) >= 11 is 12.8. The summed E-state index contributed by atoms with van der Waals surface area (Å²) in [5.41, 5.74) is 1.70. The summed E-state index contributed by atoms with van der Waals surface area (Å²) < 4.78 is 29.1. The molecule has 230 valence electrons. The fourth-order valence-corrected chi connectivity index (χ4v) is 6.55. The highest BCUT2D eigenvalue weighted by atomic mass is 35.5. The van der Waals surface area contributed by atoms with Gasteiger partial charge in [0, 0.05) is 24.5 Å². The highest BCUT2D eigenvalue weighted by molar-refractivity contribution is 7.92. The van der Waals surface area contributed by atoms with E-state index in [9.17, 15) is 18.0 Å². The second kappa shape index (κ2) is 15.2. The summed E-state index contributed by atoms with van der Waals surface area (Å²) in [6.07, 6.45) is 0.229. The van der Waals surface area contributed by atoms with Crippen LogP contribution in [0.1, 0.15) is 25.0 Å². The van der Waals surface area contributed by atoms with Crippen LogP contribution < -0.4 is 9.62 Å². The van der Waals surface area contributed by atoms with Gasteiger partial charge in [-0.3, -0.25) is 13.9 Å². The molecular weight excluding hydrogens is 617 g/mol. The molecule has 2 amide bonds. The molecule has 1 N–H and O–H groups in total. The van der Waals surface area contributed by atoms with E-state index < -0.39 is 28.5 Å². The van der Waals surface area contributed by atoms with E-state index in [1.165, 1.54) is 29.2 Å². The van der Waals surface area contributed by atoms with E-state index in [1.807, 2.05) is 74.5 Å². The molecule has 4 aromatic carbocycles. The van der Waals surface area contributed by atoms with Crippen LogP contribution in [0.3, 0.4) is 0 Å². The maximum atomic E-state index is 14.4. The first-order chi connectivity index (χ1) is 21.1. The van der Waals surface area contributed by atoms with Gasteiger partial charge in [-0.05, 0) is 47.4 Å². The van der Waals surface area contributed by atoms with E-state index in [0.29, 0.717) is 6.54 Å². The predicted molar refractivity (Wildman–Crippen MR) is 176 cm³/mol. The van der Waals surface area contributed by atoms with Crippen LogP contribution in [0.25, 0.3) is 0 Å². The summed E-state index contributed by atoms with van der Waals surface area (Å²) in [5, 5.41) is 3.33. The average Bonchev–Trinajstić information content (AvgIpc) is 3.03. The van der Waals surface area contributed by atoms with Gasteiger partial charge in [-0.1, -0.05) is 116 Å². The van der Waals surface area contributed by atoms with Crippen molar-refractivity contribution < 1.29 is 18.0 Å². The number of carbonyl (C=O) groups is 2. The standard InChI is InChI=1S/C34H35Cl2N3O4S/c1-25(2)22-37-34(41)32(20-26-12-6-3-7-13-26)38(23-27-14-8-4-9-15-27)33(40)24-39(31-21-28(35)18-19-30(31)36)44(42,43)29-16-10-5-11-17-29/h3-19,21,25,32H,20,22-24H2,1-2H3,(H,37,41)/t32-/m0/s1. The molecule has 0 spiro atoms. The molecule has 0 unspecified atom stereocenters. The first-order valence-corrected chi connectivity index (χ1v) is 16.4. The Morgan fingerprint density at radius 2 is 1.36 bits per heavy atom. The van der Waals surface area contributed by atoms with E-state index >= 15 is 0 Å². The number of hydrogen-bond donors (Lipinski definition) is 1. The molecule has 0 saturated carbocycles. The third kappa shape index (κ3) is 8.62. The minimum atomic E-state index is -4.28. The zero-order chi connectivity index (χ0) is 31.7. The molecule has 0 aliphatic rings. The maximum absolute atomic E-state index is 14.4. The van der Waals surface area contributed by atoms with Crippen molar-refractivity contribution in [2.75, 3.05) is 17.4 Å². The van der Waals surface area contributed by atoms with Crippen molar-refractivity contribution in [1.29, 1.82) is 0 Å². The quantitative estimate of drug-likeness (QED) is 0.176. The first kappa shape index (κ1) is 33.1. The molecule has 4 rings (SSSR count). The molecule has 0 aliphatic carbocycles. The topological polar surface area (TPSA) is 86.8 Å². The zero-order valence-electron chi connectivity index (χ0n) is 24.6. The van der Waals surface area contributed by atoms with E-state index in [1.54, 1.807) is 24.3 Å². The number of carbonyl (C=O) groups excluding carboxylic acids is 2. The van der Waals surface area contributed by atoms with Gasteiger partial charge in [0.1, 0.15) is 12.6 Å². The highest BCUT2D eigenvalue weighted by Crippen LogP contribution is 2.33. The normalized spacial score (nSPS) is 12.0. The number of nitrogens with one attached hydrogen (secondary N) is 1. The lowest BCUT2D eigenvalue weighted by molar-refractivity contribution is -0.140. The Kier molecular flexibility index (Phi) is 11.4. The van der Waals surface area contributed by atoms with Crippen molar-refractivity contribution in [1.82, 2.24) is 10.2 Å². The predicted octanol–water partition coefficient (Wildman–Crippen LogP) is 6.60. The molecule has 4 aromatic rings. The number of halogens is 2. The lowest BCUT2D eigenvalue weighted by Gasteiger charge is -2.34. The van der Waals surface area contributed by atoms with Crippen LogP contribution in [0.2, 0.25) is 10.0 Å². The van der Waals surface area contributed by atoms with E-state index in [0.717, 1.165) is 15.4 Å². The molecule has 0 bridgehead atoms. The number of hydrogen-bond acceptors (Lipinski definition) is 4. The number of benzene rings is 4. The summed E-state index contributed by atoms with van der Waals surface area (Å²) in [7, 11) is -4.28. The molecule has 7 nitrogen and oxygen atoms in total. The molecule has 0 saturated heterocycles. The smallest absolute Gasteiger partial charge is 0.264 e. The van der Waals surface area contributed by atoms with E-state index in [2.05, 4.69) is 5.32 Å². The van der Waals surface area contributed by atoms with Crippen LogP contribution in [0.5, 0.6) is 0 Å². The minimum Gasteiger partial charge on any atom is -0.354 e. The third-order valence-electron chi connectivity index (χ3n) is 6.94. The molecule has 10 heteroatoms. The van der Waals surface area contributed by atoms with Crippen LogP contribution in [0, 0.1) is 5.92 Å². The number of sulfonamides is 1. The van der Waals surface area contributed by atoms with Crippen molar-refractivity contribution in [3.05, 3.63) is 130 Å². The van der Waals surface area contributed by atoms with Gasteiger partial charge in [-0.2, -0.15) is 0 Å². The minimum absolute atomic E-state index is 0.0195. The number of amides is 2. The van der Waals surface area contributed by atoms with Crippen LogP contribution in [-0.4, -0.2) is 44.3 Å². The van der Waals surface area contributed by atoms with Crippen molar-refractivity contribution in [2.24, 2.45) is 5.92 Å². The summed E-state index contributed by atoms with van der Waals surface area (Å²) in [4.78, 5) is 29.7. The lowest BCUT2D eigenvalue weighted by atomic mass is 10.0. The Bertz CT molecular complexity index is 1650. The van der Waals surface area contributed by atoms with Crippen LogP contribution >= 0.6 is 23.2 Å².